The number of anilines is 1. The topological polar surface area (TPSA) is 71.5 Å². The van der Waals surface area contributed by atoms with Gasteiger partial charge in [-0.2, -0.15) is 0 Å². The van der Waals surface area contributed by atoms with Crippen molar-refractivity contribution >= 4 is 28.8 Å². The van der Waals surface area contributed by atoms with Gasteiger partial charge in [-0.05, 0) is 44.4 Å². The first-order chi connectivity index (χ1) is 12.1. The highest BCUT2D eigenvalue weighted by atomic mass is 32.1. The molecule has 0 spiro atoms. The molecule has 4 rings (SSSR count). The van der Waals surface area contributed by atoms with Gasteiger partial charge in [0.2, 0.25) is 0 Å². The maximum atomic E-state index is 13.1. The predicted octanol–water partition coefficient (Wildman–Crippen LogP) is 3.15. The number of fused-ring (bicyclic) bond motifs is 1. The fourth-order valence-electron chi connectivity index (χ4n) is 3.33. The standard InChI is InChI=1S/C18H19N3O3S/c1-11-10-25-17(19-11)14-4-2-3-7-21(14)18(23)12-5-6-13-15(8-12)24-9-16(22)20-13/h5-6,8,10,14H,2-4,7,9H2,1H3,(H,20,22). The molecule has 0 radical (unpaired) electrons. The number of carbonyl (C=O) groups excluding carboxylic acids is 2. The summed E-state index contributed by atoms with van der Waals surface area (Å²) < 4.78 is 5.44. The lowest BCUT2D eigenvalue weighted by molar-refractivity contribution is -0.118. The molecule has 2 aromatic rings. The van der Waals surface area contributed by atoms with Crippen molar-refractivity contribution in [3.63, 3.8) is 0 Å². The number of likely N-dealkylation sites (tertiary alicyclic amines) is 1. The second-order valence-electron chi connectivity index (χ2n) is 6.39. The van der Waals surface area contributed by atoms with E-state index >= 15 is 0 Å². The molecule has 2 amide bonds. The summed E-state index contributed by atoms with van der Waals surface area (Å²) in [5.41, 5.74) is 2.18. The first-order valence-corrected chi connectivity index (χ1v) is 9.29. The summed E-state index contributed by atoms with van der Waals surface area (Å²) in [5.74, 6) is 0.353. The molecule has 0 aliphatic carbocycles. The summed E-state index contributed by atoms with van der Waals surface area (Å²) in [6.45, 7) is 2.69. The largest absolute Gasteiger partial charge is 0.482 e. The molecule has 1 aromatic heterocycles. The van der Waals surface area contributed by atoms with Crippen LogP contribution in [0.3, 0.4) is 0 Å². The molecule has 1 N–H and O–H groups in total. The summed E-state index contributed by atoms with van der Waals surface area (Å²) in [5, 5.41) is 5.78. The third kappa shape index (κ3) is 3.11. The van der Waals surface area contributed by atoms with E-state index in [1.807, 2.05) is 17.2 Å². The third-order valence-electron chi connectivity index (χ3n) is 4.55. The quantitative estimate of drug-likeness (QED) is 0.896. The fourth-order valence-corrected chi connectivity index (χ4v) is 4.27. The summed E-state index contributed by atoms with van der Waals surface area (Å²) in [6, 6.07) is 5.23. The highest BCUT2D eigenvalue weighted by Crippen LogP contribution is 2.35. The maximum absolute atomic E-state index is 13.1. The maximum Gasteiger partial charge on any atom is 0.262 e. The molecular formula is C18H19N3O3S. The van der Waals surface area contributed by atoms with Crippen molar-refractivity contribution < 1.29 is 14.3 Å². The van der Waals surface area contributed by atoms with E-state index in [-0.39, 0.29) is 24.5 Å². The van der Waals surface area contributed by atoms with Gasteiger partial charge < -0.3 is 15.0 Å². The SMILES string of the molecule is Cc1csc(C2CCCCN2C(=O)c2ccc3c(c2)OCC(=O)N3)n1. The van der Waals surface area contributed by atoms with Gasteiger partial charge >= 0.3 is 0 Å². The minimum atomic E-state index is -0.179. The molecule has 1 aromatic carbocycles. The zero-order chi connectivity index (χ0) is 17.4. The monoisotopic (exact) mass is 357 g/mol. The normalized spacial score (nSPS) is 19.8. The van der Waals surface area contributed by atoms with Gasteiger partial charge in [-0.15, -0.1) is 11.3 Å². The van der Waals surface area contributed by atoms with E-state index < -0.39 is 0 Å². The van der Waals surface area contributed by atoms with E-state index in [1.165, 1.54) is 0 Å². The number of benzene rings is 1. The lowest BCUT2D eigenvalue weighted by atomic mass is 10.0. The highest BCUT2D eigenvalue weighted by Gasteiger charge is 2.31. The minimum Gasteiger partial charge on any atom is -0.482 e. The van der Waals surface area contributed by atoms with Crippen LogP contribution in [-0.2, 0) is 4.79 Å². The molecular weight excluding hydrogens is 338 g/mol. The Hall–Kier alpha value is -2.41. The van der Waals surface area contributed by atoms with Crippen molar-refractivity contribution in [1.29, 1.82) is 0 Å². The van der Waals surface area contributed by atoms with Crippen LogP contribution in [0.2, 0.25) is 0 Å². The summed E-state index contributed by atoms with van der Waals surface area (Å²) in [7, 11) is 0. The Balaban J connectivity index is 1.61. The molecule has 0 saturated carbocycles. The molecule has 1 atom stereocenters. The van der Waals surface area contributed by atoms with Crippen LogP contribution in [0.1, 0.15) is 46.4 Å². The van der Waals surface area contributed by atoms with E-state index in [0.717, 1.165) is 36.5 Å². The molecule has 0 bridgehead atoms. The number of ether oxygens (including phenoxy) is 1. The number of carbonyl (C=O) groups is 2. The zero-order valence-electron chi connectivity index (χ0n) is 13.9. The third-order valence-corrected chi connectivity index (χ3v) is 5.61. The molecule has 3 heterocycles. The van der Waals surface area contributed by atoms with Crippen LogP contribution in [0.25, 0.3) is 0 Å². The Bertz CT molecular complexity index is 833. The summed E-state index contributed by atoms with van der Waals surface area (Å²) in [4.78, 5) is 31.0. The number of rotatable bonds is 2. The van der Waals surface area contributed by atoms with Crippen LogP contribution in [0.15, 0.2) is 23.6 Å². The Kier molecular flexibility index (Phi) is 4.17. The van der Waals surface area contributed by atoms with Crippen LogP contribution < -0.4 is 10.1 Å². The molecule has 25 heavy (non-hydrogen) atoms. The first-order valence-electron chi connectivity index (χ1n) is 8.41. The molecule has 2 aliphatic heterocycles. The number of aryl methyl sites for hydroxylation is 1. The van der Waals surface area contributed by atoms with Gasteiger partial charge in [-0.1, -0.05) is 0 Å². The van der Waals surface area contributed by atoms with Gasteiger partial charge in [-0.3, -0.25) is 9.59 Å². The van der Waals surface area contributed by atoms with E-state index in [9.17, 15) is 9.59 Å². The smallest absolute Gasteiger partial charge is 0.262 e. The number of nitrogens with zero attached hydrogens (tertiary/aromatic N) is 2. The number of amides is 2. The zero-order valence-corrected chi connectivity index (χ0v) is 14.8. The van der Waals surface area contributed by atoms with Gasteiger partial charge in [0.1, 0.15) is 10.8 Å². The van der Waals surface area contributed by atoms with Crippen molar-refractivity contribution in [2.24, 2.45) is 0 Å². The number of thiazole rings is 1. The van der Waals surface area contributed by atoms with Crippen LogP contribution in [-0.4, -0.2) is 34.8 Å². The molecule has 1 fully saturated rings. The van der Waals surface area contributed by atoms with Gasteiger partial charge in [0, 0.05) is 23.2 Å². The Morgan fingerprint density at radius 2 is 2.28 bits per heavy atom. The molecule has 2 aliphatic rings. The molecule has 6 nitrogen and oxygen atoms in total. The van der Waals surface area contributed by atoms with Crippen LogP contribution in [0, 0.1) is 6.92 Å². The van der Waals surface area contributed by atoms with E-state index in [4.69, 9.17) is 4.74 Å². The molecule has 130 valence electrons. The molecule has 1 unspecified atom stereocenters. The van der Waals surface area contributed by atoms with Gasteiger partial charge in [-0.25, -0.2) is 4.98 Å². The lowest BCUT2D eigenvalue weighted by Gasteiger charge is -2.34. The fraction of sp³-hybridized carbons (Fsp3) is 0.389. The van der Waals surface area contributed by atoms with Crippen molar-refractivity contribution in [3.8, 4) is 5.75 Å². The van der Waals surface area contributed by atoms with Crippen molar-refractivity contribution in [3.05, 3.63) is 39.8 Å². The van der Waals surface area contributed by atoms with Crippen LogP contribution >= 0.6 is 11.3 Å². The highest BCUT2D eigenvalue weighted by molar-refractivity contribution is 7.09. The number of nitrogens with one attached hydrogen (secondary N) is 1. The van der Waals surface area contributed by atoms with Gasteiger partial charge in [0.15, 0.2) is 6.61 Å². The summed E-state index contributed by atoms with van der Waals surface area (Å²) in [6.07, 6.45) is 3.05. The number of piperidine rings is 1. The van der Waals surface area contributed by atoms with Crippen molar-refractivity contribution in [2.45, 2.75) is 32.2 Å². The van der Waals surface area contributed by atoms with E-state index in [2.05, 4.69) is 10.3 Å². The Labute approximate surface area is 149 Å². The molecule has 1 saturated heterocycles. The average Bonchev–Trinajstić information content (AvgIpc) is 3.07. The van der Waals surface area contributed by atoms with Crippen LogP contribution in [0.5, 0.6) is 5.75 Å². The van der Waals surface area contributed by atoms with Gasteiger partial charge in [0.25, 0.3) is 11.8 Å². The van der Waals surface area contributed by atoms with Gasteiger partial charge in [0.05, 0.1) is 11.7 Å². The first kappa shape index (κ1) is 16.1. The number of hydrogen-bond donors (Lipinski definition) is 1. The lowest BCUT2D eigenvalue weighted by Crippen LogP contribution is -2.38. The van der Waals surface area contributed by atoms with Crippen LogP contribution in [0.4, 0.5) is 5.69 Å². The summed E-state index contributed by atoms with van der Waals surface area (Å²) >= 11 is 1.62. The molecule has 7 heteroatoms. The number of hydrogen-bond acceptors (Lipinski definition) is 5. The second-order valence-corrected chi connectivity index (χ2v) is 7.27. The minimum absolute atomic E-state index is 0.0131. The average molecular weight is 357 g/mol. The Morgan fingerprint density at radius 1 is 1.40 bits per heavy atom. The van der Waals surface area contributed by atoms with E-state index in [1.54, 1.807) is 29.5 Å². The Morgan fingerprint density at radius 3 is 3.08 bits per heavy atom. The van der Waals surface area contributed by atoms with E-state index in [0.29, 0.717) is 17.0 Å². The predicted molar refractivity (Wildman–Crippen MR) is 95.0 cm³/mol. The number of aromatic nitrogens is 1. The van der Waals surface area contributed by atoms with Crippen molar-refractivity contribution in [2.75, 3.05) is 18.5 Å². The second kappa shape index (κ2) is 6.48. The van der Waals surface area contributed by atoms with Crippen molar-refractivity contribution in [1.82, 2.24) is 9.88 Å².